The van der Waals surface area contributed by atoms with Crippen molar-refractivity contribution in [1.29, 1.82) is 0 Å². The highest BCUT2D eigenvalue weighted by Gasteiger charge is 2.26. The van der Waals surface area contributed by atoms with Gasteiger partial charge in [-0.25, -0.2) is 4.79 Å². The van der Waals surface area contributed by atoms with E-state index in [1.165, 1.54) is 10.1 Å². The number of aryl methyl sites for hydroxylation is 3. The second-order valence-corrected chi connectivity index (χ2v) is 9.36. The summed E-state index contributed by atoms with van der Waals surface area (Å²) in [6.07, 6.45) is 4.72. The van der Waals surface area contributed by atoms with Crippen molar-refractivity contribution in [1.82, 2.24) is 18.7 Å². The van der Waals surface area contributed by atoms with Crippen LogP contribution in [0.1, 0.15) is 37.8 Å². The number of hydrogen-bond acceptors (Lipinski definition) is 5. The first kappa shape index (κ1) is 23.0. The Bertz CT molecular complexity index is 1310. The fraction of sp³-hybridized carbons (Fsp3) is 0.480. The Morgan fingerprint density at radius 2 is 2.03 bits per heavy atom. The van der Waals surface area contributed by atoms with Gasteiger partial charge in [-0.3, -0.25) is 13.9 Å². The third-order valence-electron chi connectivity index (χ3n) is 6.34. The van der Waals surface area contributed by atoms with Gasteiger partial charge in [-0.05, 0) is 45.6 Å². The summed E-state index contributed by atoms with van der Waals surface area (Å²) in [5.74, 6) is 0.713. The number of aromatic nitrogens is 4. The van der Waals surface area contributed by atoms with E-state index < -0.39 is 0 Å². The maximum Gasteiger partial charge on any atom is 0.332 e. The summed E-state index contributed by atoms with van der Waals surface area (Å²) < 4.78 is 4.79. The Balaban J connectivity index is 1.87. The second kappa shape index (κ2) is 9.39. The zero-order valence-electron chi connectivity index (χ0n) is 20.0. The first-order valence-electron chi connectivity index (χ1n) is 11.7. The monoisotopic (exact) mass is 450 g/mol. The Morgan fingerprint density at radius 1 is 1.24 bits per heavy atom. The summed E-state index contributed by atoms with van der Waals surface area (Å²) in [6.45, 7) is 8.61. The normalized spacial score (nSPS) is 16.4. The third-order valence-corrected chi connectivity index (χ3v) is 6.34. The summed E-state index contributed by atoms with van der Waals surface area (Å²) in [7, 11) is 1.54. The van der Waals surface area contributed by atoms with Gasteiger partial charge in [0.15, 0.2) is 11.2 Å². The van der Waals surface area contributed by atoms with Gasteiger partial charge in [0, 0.05) is 39.3 Å². The SMILES string of the molecule is CC(C)=CCn1c(N2CCCC(N)C2)nc2c1c(=O)n(C)c(=O)n2CCc1cccc(C)c1. The molecule has 2 aromatic heterocycles. The number of hydrogen-bond donors (Lipinski definition) is 1. The zero-order valence-corrected chi connectivity index (χ0v) is 20.0. The highest BCUT2D eigenvalue weighted by atomic mass is 16.2. The Morgan fingerprint density at radius 3 is 2.73 bits per heavy atom. The Kier molecular flexibility index (Phi) is 6.56. The minimum Gasteiger partial charge on any atom is -0.341 e. The first-order chi connectivity index (χ1) is 15.8. The Labute approximate surface area is 194 Å². The smallest absolute Gasteiger partial charge is 0.332 e. The molecule has 1 aliphatic rings. The molecule has 0 bridgehead atoms. The predicted molar refractivity (Wildman–Crippen MR) is 133 cm³/mol. The van der Waals surface area contributed by atoms with E-state index in [0.29, 0.717) is 43.2 Å². The number of nitrogens with two attached hydrogens (primary N) is 1. The van der Waals surface area contributed by atoms with E-state index in [2.05, 4.69) is 36.1 Å². The third kappa shape index (κ3) is 4.66. The van der Waals surface area contributed by atoms with E-state index in [1.54, 1.807) is 11.6 Å². The summed E-state index contributed by atoms with van der Waals surface area (Å²) >= 11 is 0. The van der Waals surface area contributed by atoms with E-state index in [1.807, 2.05) is 24.5 Å². The maximum atomic E-state index is 13.3. The molecule has 4 rings (SSSR count). The maximum absolute atomic E-state index is 13.3. The quantitative estimate of drug-likeness (QED) is 0.582. The highest BCUT2D eigenvalue weighted by molar-refractivity contribution is 5.75. The van der Waals surface area contributed by atoms with Crippen LogP contribution in [0.25, 0.3) is 11.2 Å². The van der Waals surface area contributed by atoms with Crippen molar-refractivity contribution in [3.8, 4) is 0 Å². The molecule has 1 saturated heterocycles. The molecule has 2 N–H and O–H groups in total. The van der Waals surface area contributed by atoms with Crippen LogP contribution in [0.3, 0.4) is 0 Å². The van der Waals surface area contributed by atoms with Gasteiger partial charge in [0.2, 0.25) is 5.95 Å². The van der Waals surface area contributed by atoms with Gasteiger partial charge in [-0.1, -0.05) is 41.5 Å². The van der Waals surface area contributed by atoms with Crippen LogP contribution in [-0.4, -0.2) is 37.8 Å². The van der Waals surface area contributed by atoms with Crippen LogP contribution in [0.4, 0.5) is 5.95 Å². The van der Waals surface area contributed by atoms with Crippen LogP contribution >= 0.6 is 0 Å². The first-order valence-corrected chi connectivity index (χ1v) is 11.7. The van der Waals surface area contributed by atoms with Crippen LogP contribution in [0, 0.1) is 6.92 Å². The second-order valence-electron chi connectivity index (χ2n) is 9.36. The molecule has 1 aromatic carbocycles. The van der Waals surface area contributed by atoms with Gasteiger partial charge in [-0.15, -0.1) is 0 Å². The molecule has 8 heteroatoms. The van der Waals surface area contributed by atoms with Crippen LogP contribution in [0.15, 0.2) is 45.5 Å². The number of imidazole rings is 1. The van der Waals surface area contributed by atoms with E-state index in [4.69, 9.17) is 10.7 Å². The average Bonchev–Trinajstić information content (AvgIpc) is 3.15. The molecule has 8 nitrogen and oxygen atoms in total. The molecule has 0 amide bonds. The molecule has 33 heavy (non-hydrogen) atoms. The van der Waals surface area contributed by atoms with Gasteiger partial charge < -0.3 is 15.2 Å². The van der Waals surface area contributed by atoms with Crippen LogP contribution < -0.4 is 21.9 Å². The minimum absolute atomic E-state index is 0.0711. The molecule has 1 fully saturated rings. The van der Waals surface area contributed by atoms with Crippen molar-refractivity contribution in [3.63, 3.8) is 0 Å². The molecular formula is C25H34N6O2. The van der Waals surface area contributed by atoms with Gasteiger partial charge in [0.05, 0.1) is 0 Å². The molecule has 1 atom stereocenters. The lowest BCUT2D eigenvalue weighted by Gasteiger charge is -2.31. The van der Waals surface area contributed by atoms with Crippen LogP contribution in [0.2, 0.25) is 0 Å². The summed E-state index contributed by atoms with van der Waals surface area (Å²) in [5.41, 5.74) is 10.00. The van der Waals surface area contributed by atoms with E-state index >= 15 is 0 Å². The zero-order chi connectivity index (χ0) is 23.7. The van der Waals surface area contributed by atoms with E-state index in [0.717, 1.165) is 30.5 Å². The number of allylic oxidation sites excluding steroid dienone is 2. The lowest BCUT2D eigenvalue weighted by Crippen LogP contribution is -2.44. The summed E-state index contributed by atoms with van der Waals surface area (Å²) in [6, 6.07) is 8.33. The number of piperidine rings is 1. The number of fused-ring (bicyclic) bond motifs is 1. The fourth-order valence-electron chi connectivity index (χ4n) is 4.54. The number of anilines is 1. The standard InChI is InChI=1S/C25H34N6O2/c1-17(2)10-13-30-21-22(27-24(30)29-12-6-9-20(26)16-29)31(25(33)28(4)23(21)32)14-11-19-8-5-7-18(3)15-19/h5,7-8,10,15,20H,6,9,11-14,16,26H2,1-4H3. The topological polar surface area (TPSA) is 91.1 Å². The van der Waals surface area contributed by atoms with Crippen molar-refractivity contribution in [2.24, 2.45) is 12.8 Å². The number of benzene rings is 1. The summed E-state index contributed by atoms with van der Waals surface area (Å²) in [5, 5.41) is 0. The molecule has 0 saturated carbocycles. The van der Waals surface area contributed by atoms with E-state index in [-0.39, 0.29) is 17.3 Å². The highest BCUT2D eigenvalue weighted by Crippen LogP contribution is 2.23. The molecule has 3 aromatic rings. The van der Waals surface area contributed by atoms with Crippen molar-refractivity contribution in [2.75, 3.05) is 18.0 Å². The van der Waals surface area contributed by atoms with Gasteiger partial charge in [-0.2, -0.15) is 4.98 Å². The molecular weight excluding hydrogens is 416 g/mol. The Hall–Kier alpha value is -3.13. The van der Waals surface area contributed by atoms with Gasteiger partial charge >= 0.3 is 5.69 Å². The lowest BCUT2D eigenvalue weighted by molar-refractivity contribution is 0.495. The van der Waals surface area contributed by atoms with Crippen molar-refractivity contribution < 1.29 is 0 Å². The van der Waals surface area contributed by atoms with E-state index in [9.17, 15) is 9.59 Å². The minimum atomic E-state index is -0.339. The molecule has 0 radical (unpaired) electrons. The molecule has 0 aliphatic carbocycles. The van der Waals surface area contributed by atoms with Gasteiger partial charge in [0.25, 0.3) is 5.56 Å². The van der Waals surface area contributed by atoms with Crippen molar-refractivity contribution >= 4 is 17.1 Å². The molecule has 1 aliphatic heterocycles. The van der Waals surface area contributed by atoms with Crippen LogP contribution in [-0.2, 0) is 26.6 Å². The van der Waals surface area contributed by atoms with Crippen molar-refractivity contribution in [3.05, 3.63) is 67.9 Å². The average molecular weight is 451 g/mol. The van der Waals surface area contributed by atoms with Gasteiger partial charge in [0.1, 0.15) is 0 Å². The number of rotatable bonds is 6. The molecule has 3 heterocycles. The summed E-state index contributed by atoms with van der Waals surface area (Å²) in [4.78, 5) is 33.5. The predicted octanol–water partition coefficient (Wildman–Crippen LogP) is 2.34. The van der Waals surface area contributed by atoms with Crippen LogP contribution in [0.5, 0.6) is 0 Å². The largest absolute Gasteiger partial charge is 0.341 e. The van der Waals surface area contributed by atoms with Crippen molar-refractivity contribution in [2.45, 2.75) is 59.2 Å². The molecule has 1 unspecified atom stereocenters. The molecule has 0 spiro atoms. The number of nitrogens with zero attached hydrogens (tertiary/aromatic N) is 5. The molecule has 176 valence electrons. The fourth-order valence-corrected chi connectivity index (χ4v) is 4.54. The lowest BCUT2D eigenvalue weighted by atomic mass is 10.1.